The number of methoxy groups -OCH3 is 1. The van der Waals surface area contributed by atoms with Gasteiger partial charge in [-0.3, -0.25) is 4.79 Å². The zero-order valence-electron chi connectivity index (χ0n) is 13.4. The largest absolute Gasteiger partial charge is 0.496 e. The number of nitrogens with one attached hydrogen (secondary N) is 3. The molecule has 24 heavy (non-hydrogen) atoms. The standard InChI is InChI=1S/C18H19N3O3/c1-24-16-5-3-2-4-13(16)11-17(22)19-9-8-12-6-7-14-15(10-12)21-18(23)20-14/h2-7,10H,8-9,11H2,1H3,(H,19,22)(H2,20,21,23). The average Bonchev–Trinajstić information content (AvgIpc) is 2.94. The van der Waals surface area contributed by atoms with Gasteiger partial charge in [0.25, 0.3) is 0 Å². The molecule has 0 atom stereocenters. The number of imidazole rings is 1. The third-order valence-electron chi connectivity index (χ3n) is 3.86. The number of hydrogen-bond donors (Lipinski definition) is 3. The molecule has 3 N–H and O–H groups in total. The Morgan fingerprint density at radius 1 is 1.12 bits per heavy atom. The monoisotopic (exact) mass is 325 g/mol. The number of carbonyl (C=O) groups excluding carboxylic acids is 1. The van der Waals surface area contributed by atoms with Gasteiger partial charge in [-0.05, 0) is 30.2 Å². The first-order chi connectivity index (χ1) is 11.7. The summed E-state index contributed by atoms with van der Waals surface area (Å²) in [6, 6.07) is 13.2. The zero-order valence-corrected chi connectivity index (χ0v) is 13.4. The van der Waals surface area contributed by atoms with Gasteiger partial charge in [-0.2, -0.15) is 0 Å². The maximum absolute atomic E-state index is 12.1. The van der Waals surface area contributed by atoms with Crippen molar-refractivity contribution >= 4 is 16.9 Å². The van der Waals surface area contributed by atoms with Crippen LogP contribution in [0, 0.1) is 0 Å². The van der Waals surface area contributed by atoms with Crippen LogP contribution in [-0.2, 0) is 17.6 Å². The molecule has 124 valence electrons. The van der Waals surface area contributed by atoms with E-state index in [9.17, 15) is 9.59 Å². The minimum Gasteiger partial charge on any atom is -0.496 e. The molecule has 0 aliphatic rings. The lowest BCUT2D eigenvalue weighted by molar-refractivity contribution is -0.120. The number of benzene rings is 2. The SMILES string of the molecule is COc1ccccc1CC(=O)NCCc1ccc2[nH]c(=O)[nH]c2c1. The Labute approximate surface area is 138 Å². The molecule has 2 aromatic carbocycles. The van der Waals surface area contributed by atoms with Crippen molar-refractivity contribution < 1.29 is 9.53 Å². The number of H-pyrrole nitrogens is 2. The fraction of sp³-hybridized carbons (Fsp3) is 0.222. The van der Waals surface area contributed by atoms with Crippen LogP contribution in [-0.4, -0.2) is 29.5 Å². The van der Waals surface area contributed by atoms with E-state index < -0.39 is 0 Å². The van der Waals surface area contributed by atoms with E-state index >= 15 is 0 Å². The zero-order chi connectivity index (χ0) is 16.9. The lowest BCUT2D eigenvalue weighted by Gasteiger charge is -2.09. The highest BCUT2D eigenvalue weighted by atomic mass is 16.5. The Bertz CT molecular complexity index is 911. The first kappa shape index (κ1) is 15.9. The van der Waals surface area contributed by atoms with Crippen LogP contribution in [0.1, 0.15) is 11.1 Å². The number of carbonyl (C=O) groups is 1. The number of hydrogen-bond acceptors (Lipinski definition) is 3. The molecule has 6 nitrogen and oxygen atoms in total. The number of amides is 1. The van der Waals surface area contributed by atoms with Crippen LogP contribution in [0.3, 0.4) is 0 Å². The lowest BCUT2D eigenvalue weighted by Crippen LogP contribution is -2.27. The van der Waals surface area contributed by atoms with E-state index in [1.807, 2.05) is 42.5 Å². The molecule has 0 bridgehead atoms. The molecular weight excluding hydrogens is 306 g/mol. The molecule has 6 heteroatoms. The molecular formula is C18H19N3O3. The second-order valence-electron chi connectivity index (χ2n) is 5.55. The van der Waals surface area contributed by atoms with Crippen LogP contribution >= 0.6 is 0 Å². The molecule has 1 amide bonds. The average molecular weight is 325 g/mol. The van der Waals surface area contributed by atoms with Gasteiger partial charge in [0.05, 0.1) is 24.6 Å². The summed E-state index contributed by atoms with van der Waals surface area (Å²) in [5, 5.41) is 2.91. The van der Waals surface area contributed by atoms with Gasteiger partial charge < -0.3 is 20.0 Å². The predicted molar refractivity (Wildman–Crippen MR) is 92.3 cm³/mol. The first-order valence-electron chi connectivity index (χ1n) is 7.75. The van der Waals surface area contributed by atoms with E-state index in [0.717, 1.165) is 27.9 Å². The van der Waals surface area contributed by atoms with Crippen molar-refractivity contribution in [1.29, 1.82) is 0 Å². The van der Waals surface area contributed by atoms with Crippen LogP contribution in [0.4, 0.5) is 0 Å². The Hall–Kier alpha value is -3.02. The molecule has 3 aromatic rings. The van der Waals surface area contributed by atoms with Crippen molar-refractivity contribution in [2.24, 2.45) is 0 Å². The van der Waals surface area contributed by atoms with E-state index in [2.05, 4.69) is 15.3 Å². The normalized spacial score (nSPS) is 10.7. The highest BCUT2D eigenvalue weighted by molar-refractivity contribution is 5.79. The highest BCUT2D eigenvalue weighted by Gasteiger charge is 2.08. The molecule has 0 spiro atoms. The summed E-state index contributed by atoms with van der Waals surface area (Å²) in [5.74, 6) is 0.671. The summed E-state index contributed by atoms with van der Waals surface area (Å²) < 4.78 is 5.25. The number of rotatable bonds is 6. The molecule has 1 aromatic heterocycles. The van der Waals surface area contributed by atoms with Gasteiger partial charge in [0.15, 0.2) is 0 Å². The summed E-state index contributed by atoms with van der Waals surface area (Å²) in [6.07, 6.45) is 0.981. The van der Waals surface area contributed by atoms with E-state index in [0.29, 0.717) is 13.0 Å². The maximum atomic E-state index is 12.1. The number of para-hydroxylation sites is 1. The van der Waals surface area contributed by atoms with Gasteiger partial charge in [-0.1, -0.05) is 24.3 Å². The Morgan fingerprint density at radius 2 is 1.92 bits per heavy atom. The molecule has 0 saturated heterocycles. The lowest BCUT2D eigenvalue weighted by atomic mass is 10.1. The molecule has 0 unspecified atom stereocenters. The summed E-state index contributed by atoms with van der Waals surface area (Å²) in [5.41, 5.74) is 3.26. The van der Waals surface area contributed by atoms with Gasteiger partial charge in [0, 0.05) is 12.1 Å². The maximum Gasteiger partial charge on any atom is 0.323 e. The van der Waals surface area contributed by atoms with Crippen LogP contribution < -0.4 is 15.7 Å². The molecule has 1 heterocycles. The molecule has 0 radical (unpaired) electrons. The van der Waals surface area contributed by atoms with E-state index in [1.165, 1.54) is 0 Å². The molecule has 3 rings (SSSR count). The number of fused-ring (bicyclic) bond motifs is 1. The van der Waals surface area contributed by atoms with Crippen molar-refractivity contribution in [3.05, 3.63) is 64.1 Å². The van der Waals surface area contributed by atoms with Gasteiger partial charge in [-0.15, -0.1) is 0 Å². The number of aromatic nitrogens is 2. The Kier molecular flexibility index (Phi) is 4.65. The number of ether oxygens (including phenoxy) is 1. The van der Waals surface area contributed by atoms with Crippen LogP contribution in [0.2, 0.25) is 0 Å². The molecule has 0 saturated carbocycles. The first-order valence-corrected chi connectivity index (χ1v) is 7.75. The fourth-order valence-electron chi connectivity index (χ4n) is 2.67. The van der Waals surface area contributed by atoms with Crippen molar-refractivity contribution in [2.45, 2.75) is 12.8 Å². The second kappa shape index (κ2) is 7.04. The van der Waals surface area contributed by atoms with Crippen LogP contribution in [0.25, 0.3) is 11.0 Å². The topological polar surface area (TPSA) is 87.0 Å². The fourth-order valence-corrected chi connectivity index (χ4v) is 2.67. The Morgan fingerprint density at radius 3 is 2.75 bits per heavy atom. The minimum absolute atomic E-state index is 0.0457. The Balaban J connectivity index is 1.55. The summed E-state index contributed by atoms with van der Waals surface area (Å²) in [7, 11) is 1.60. The van der Waals surface area contributed by atoms with Crippen molar-refractivity contribution in [1.82, 2.24) is 15.3 Å². The minimum atomic E-state index is -0.215. The smallest absolute Gasteiger partial charge is 0.323 e. The van der Waals surface area contributed by atoms with Crippen LogP contribution in [0.5, 0.6) is 5.75 Å². The van der Waals surface area contributed by atoms with Gasteiger partial charge in [0.1, 0.15) is 5.75 Å². The van der Waals surface area contributed by atoms with E-state index in [1.54, 1.807) is 7.11 Å². The van der Waals surface area contributed by atoms with Crippen molar-refractivity contribution in [3.8, 4) is 5.75 Å². The van der Waals surface area contributed by atoms with Gasteiger partial charge in [0.2, 0.25) is 5.91 Å². The predicted octanol–water partition coefficient (Wildman–Crippen LogP) is 1.77. The quantitative estimate of drug-likeness (QED) is 0.645. The summed E-state index contributed by atoms with van der Waals surface area (Å²) >= 11 is 0. The summed E-state index contributed by atoms with van der Waals surface area (Å²) in [4.78, 5) is 28.8. The number of aromatic amines is 2. The third kappa shape index (κ3) is 3.65. The van der Waals surface area contributed by atoms with Gasteiger partial charge in [-0.25, -0.2) is 4.79 Å². The van der Waals surface area contributed by atoms with Crippen LogP contribution in [0.15, 0.2) is 47.3 Å². The molecule has 0 fully saturated rings. The van der Waals surface area contributed by atoms with Crippen molar-refractivity contribution in [2.75, 3.05) is 13.7 Å². The molecule has 0 aliphatic carbocycles. The highest BCUT2D eigenvalue weighted by Crippen LogP contribution is 2.17. The summed E-state index contributed by atoms with van der Waals surface area (Å²) in [6.45, 7) is 0.536. The van der Waals surface area contributed by atoms with Crippen molar-refractivity contribution in [3.63, 3.8) is 0 Å². The van der Waals surface area contributed by atoms with E-state index in [-0.39, 0.29) is 18.0 Å². The van der Waals surface area contributed by atoms with Gasteiger partial charge >= 0.3 is 5.69 Å². The second-order valence-corrected chi connectivity index (χ2v) is 5.55. The third-order valence-corrected chi connectivity index (χ3v) is 3.86. The molecule has 0 aliphatic heterocycles. The van der Waals surface area contributed by atoms with E-state index in [4.69, 9.17) is 4.74 Å².